The molecule has 0 fully saturated rings. The van der Waals surface area contributed by atoms with E-state index in [9.17, 15) is 19.3 Å². The number of nitrogens with zero attached hydrogens (tertiary/aromatic N) is 4. The molecule has 0 N–H and O–H groups in total. The molecule has 1 amide bonds. The van der Waals surface area contributed by atoms with E-state index in [-0.39, 0.29) is 23.1 Å². The fourth-order valence-corrected chi connectivity index (χ4v) is 3.49. The van der Waals surface area contributed by atoms with Gasteiger partial charge in [0.05, 0.1) is 16.3 Å². The number of halogens is 1. The largest absolute Gasteiger partial charge is 0.306 e. The number of benzene rings is 2. The van der Waals surface area contributed by atoms with Crippen LogP contribution in [0.3, 0.4) is 0 Å². The van der Waals surface area contributed by atoms with Crippen molar-refractivity contribution in [3.8, 4) is 11.3 Å². The molecule has 2 heterocycles. The molecule has 2 aromatic carbocycles. The average molecular weight is 380 g/mol. The van der Waals surface area contributed by atoms with Crippen LogP contribution in [0.25, 0.3) is 11.3 Å². The second-order valence-electron chi connectivity index (χ2n) is 6.68. The Morgan fingerprint density at radius 2 is 1.93 bits per heavy atom. The third kappa shape index (κ3) is 3.13. The van der Waals surface area contributed by atoms with Gasteiger partial charge >= 0.3 is 0 Å². The van der Waals surface area contributed by atoms with Crippen molar-refractivity contribution in [2.75, 3.05) is 11.4 Å². The van der Waals surface area contributed by atoms with Crippen molar-refractivity contribution in [3.63, 3.8) is 0 Å². The zero-order valence-corrected chi connectivity index (χ0v) is 15.1. The van der Waals surface area contributed by atoms with Gasteiger partial charge < -0.3 is 4.90 Å². The van der Waals surface area contributed by atoms with Gasteiger partial charge in [-0.05, 0) is 54.3 Å². The van der Waals surface area contributed by atoms with Crippen LogP contribution in [0.15, 0.2) is 48.5 Å². The summed E-state index contributed by atoms with van der Waals surface area (Å²) in [7, 11) is 1.71. The number of nitro benzene ring substituents is 1. The van der Waals surface area contributed by atoms with Gasteiger partial charge in [0.15, 0.2) is 5.69 Å². The summed E-state index contributed by atoms with van der Waals surface area (Å²) in [6.45, 7) is 0.468. The number of amides is 1. The van der Waals surface area contributed by atoms with Crippen molar-refractivity contribution in [3.05, 3.63) is 75.7 Å². The first-order valence-corrected chi connectivity index (χ1v) is 8.83. The number of carbonyl (C=O) groups is 1. The van der Waals surface area contributed by atoms with Crippen LogP contribution in [0.1, 0.15) is 22.5 Å². The van der Waals surface area contributed by atoms with Crippen LogP contribution in [-0.2, 0) is 13.5 Å². The van der Waals surface area contributed by atoms with Crippen LogP contribution >= 0.6 is 0 Å². The average Bonchev–Trinajstić information content (AvgIpc) is 3.08. The molecule has 28 heavy (non-hydrogen) atoms. The quantitative estimate of drug-likeness (QED) is 0.512. The Hall–Kier alpha value is -3.55. The van der Waals surface area contributed by atoms with Crippen molar-refractivity contribution < 1.29 is 14.1 Å². The molecule has 0 atom stereocenters. The summed E-state index contributed by atoms with van der Waals surface area (Å²) in [5.74, 6) is -0.654. The van der Waals surface area contributed by atoms with E-state index in [4.69, 9.17) is 0 Å². The van der Waals surface area contributed by atoms with E-state index >= 15 is 0 Å². The van der Waals surface area contributed by atoms with Crippen LogP contribution in [0, 0.1) is 15.9 Å². The highest BCUT2D eigenvalue weighted by Gasteiger charge is 2.27. The molecular weight excluding hydrogens is 363 g/mol. The van der Waals surface area contributed by atoms with Crippen molar-refractivity contribution in [1.82, 2.24) is 9.78 Å². The fourth-order valence-electron chi connectivity index (χ4n) is 3.49. The maximum atomic E-state index is 13.2. The van der Waals surface area contributed by atoms with E-state index in [2.05, 4.69) is 5.10 Å². The lowest BCUT2D eigenvalue weighted by Gasteiger charge is -2.28. The van der Waals surface area contributed by atoms with E-state index < -0.39 is 4.92 Å². The molecule has 7 nitrogen and oxygen atoms in total. The van der Waals surface area contributed by atoms with Gasteiger partial charge in [0.25, 0.3) is 11.6 Å². The Kier molecular flexibility index (Phi) is 4.38. The highest BCUT2D eigenvalue weighted by molar-refractivity contribution is 6.06. The topological polar surface area (TPSA) is 81.3 Å². The van der Waals surface area contributed by atoms with Gasteiger partial charge in [-0.25, -0.2) is 4.39 Å². The Morgan fingerprint density at radius 3 is 2.64 bits per heavy atom. The van der Waals surface area contributed by atoms with Crippen LogP contribution in [0.4, 0.5) is 15.8 Å². The Morgan fingerprint density at radius 1 is 1.18 bits per heavy atom. The first kappa shape index (κ1) is 17.8. The molecule has 0 radical (unpaired) electrons. The molecular formula is C20H17FN4O3. The molecule has 4 rings (SSSR count). The number of rotatable bonds is 3. The molecule has 3 aromatic rings. The molecule has 0 bridgehead atoms. The summed E-state index contributed by atoms with van der Waals surface area (Å²) in [4.78, 5) is 25.3. The first-order valence-electron chi connectivity index (χ1n) is 8.83. The molecule has 0 aliphatic carbocycles. The van der Waals surface area contributed by atoms with Gasteiger partial charge in [0, 0.05) is 25.7 Å². The number of aryl methyl sites for hydroxylation is 2. The van der Waals surface area contributed by atoms with Gasteiger partial charge in [-0.1, -0.05) is 6.07 Å². The minimum Gasteiger partial charge on any atom is -0.306 e. The summed E-state index contributed by atoms with van der Waals surface area (Å²) in [6, 6.07) is 12.2. The first-order chi connectivity index (χ1) is 13.4. The predicted molar refractivity (Wildman–Crippen MR) is 102 cm³/mol. The normalized spacial score (nSPS) is 13.3. The SMILES string of the molecule is Cn1nc(C(=O)N2CCCc3ccc([N+](=O)[O-])cc32)cc1-c1ccc(F)cc1. The summed E-state index contributed by atoms with van der Waals surface area (Å²) >= 11 is 0. The molecule has 1 aliphatic rings. The number of aromatic nitrogens is 2. The fraction of sp³-hybridized carbons (Fsp3) is 0.200. The Balaban J connectivity index is 1.70. The van der Waals surface area contributed by atoms with E-state index in [0.29, 0.717) is 17.9 Å². The van der Waals surface area contributed by atoms with Crippen molar-refractivity contribution >= 4 is 17.3 Å². The minimum absolute atomic E-state index is 0.0496. The number of non-ortho nitro benzene ring substituents is 1. The molecule has 8 heteroatoms. The van der Waals surface area contributed by atoms with Crippen molar-refractivity contribution in [2.24, 2.45) is 7.05 Å². The standard InChI is InChI=1S/C20H17FN4O3/c1-23-18(14-4-7-15(21)8-5-14)12-17(22-23)20(26)24-10-2-3-13-6-9-16(25(27)28)11-19(13)24/h4-9,11-12H,2-3,10H2,1H3. The third-order valence-corrected chi connectivity index (χ3v) is 4.88. The van der Waals surface area contributed by atoms with Crippen LogP contribution in [0.2, 0.25) is 0 Å². The van der Waals surface area contributed by atoms with E-state index in [1.165, 1.54) is 24.3 Å². The van der Waals surface area contributed by atoms with Crippen LogP contribution in [-0.4, -0.2) is 27.2 Å². The molecule has 1 aromatic heterocycles. The van der Waals surface area contributed by atoms with Crippen LogP contribution in [0.5, 0.6) is 0 Å². The van der Waals surface area contributed by atoms with Crippen LogP contribution < -0.4 is 4.90 Å². The second-order valence-corrected chi connectivity index (χ2v) is 6.68. The van der Waals surface area contributed by atoms with Crippen molar-refractivity contribution in [2.45, 2.75) is 12.8 Å². The smallest absolute Gasteiger partial charge is 0.278 e. The molecule has 0 spiro atoms. The molecule has 1 aliphatic heterocycles. The predicted octanol–water partition coefficient (Wildman–Crippen LogP) is 3.73. The van der Waals surface area contributed by atoms with E-state index in [1.807, 2.05) is 0 Å². The molecule has 142 valence electrons. The third-order valence-electron chi connectivity index (χ3n) is 4.88. The summed E-state index contributed by atoms with van der Waals surface area (Å²) in [5.41, 5.74) is 3.07. The number of carbonyl (C=O) groups excluding carboxylic acids is 1. The monoisotopic (exact) mass is 380 g/mol. The molecule has 0 unspecified atom stereocenters. The van der Waals surface area contributed by atoms with Gasteiger partial charge in [0.1, 0.15) is 5.82 Å². The number of fused-ring (bicyclic) bond motifs is 1. The maximum Gasteiger partial charge on any atom is 0.278 e. The maximum absolute atomic E-state index is 13.2. The Bertz CT molecular complexity index is 1080. The highest BCUT2D eigenvalue weighted by Crippen LogP contribution is 2.32. The van der Waals surface area contributed by atoms with E-state index in [1.54, 1.807) is 40.9 Å². The minimum atomic E-state index is -0.467. The number of anilines is 1. The van der Waals surface area contributed by atoms with Crippen molar-refractivity contribution in [1.29, 1.82) is 0 Å². The second kappa shape index (κ2) is 6.88. The molecule has 0 saturated carbocycles. The summed E-state index contributed by atoms with van der Waals surface area (Å²) in [5, 5.41) is 15.4. The lowest BCUT2D eigenvalue weighted by molar-refractivity contribution is -0.384. The van der Waals surface area contributed by atoms with Gasteiger partial charge in [-0.3, -0.25) is 19.6 Å². The molecule has 0 saturated heterocycles. The van der Waals surface area contributed by atoms with Gasteiger partial charge in [-0.15, -0.1) is 0 Å². The zero-order chi connectivity index (χ0) is 19.8. The van der Waals surface area contributed by atoms with Gasteiger partial charge in [0.2, 0.25) is 0 Å². The lowest BCUT2D eigenvalue weighted by Crippen LogP contribution is -2.35. The summed E-state index contributed by atoms with van der Waals surface area (Å²) in [6.07, 6.45) is 1.54. The lowest BCUT2D eigenvalue weighted by atomic mass is 10.0. The number of nitro groups is 1. The number of hydrogen-bond acceptors (Lipinski definition) is 4. The van der Waals surface area contributed by atoms with Gasteiger partial charge in [-0.2, -0.15) is 5.10 Å². The van der Waals surface area contributed by atoms with E-state index in [0.717, 1.165) is 24.0 Å². The summed E-state index contributed by atoms with van der Waals surface area (Å²) < 4.78 is 14.7. The Labute approximate surface area is 160 Å². The number of hydrogen-bond donors (Lipinski definition) is 0. The zero-order valence-electron chi connectivity index (χ0n) is 15.1. The highest BCUT2D eigenvalue weighted by atomic mass is 19.1.